The Kier molecular flexibility index (Phi) is 17.6. The van der Waals surface area contributed by atoms with Crippen LogP contribution >= 0.6 is 23.6 Å². The van der Waals surface area contributed by atoms with Gasteiger partial charge in [0.2, 0.25) is 23.6 Å². The number of nitriles is 1. The number of benzene rings is 2. The number of methoxy groups -OCH3 is 1. The maximum absolute atomic E-state index is 15.5. The number of aliphatic hydroxyl groups is 1. The number of β-amino-alcohol motifs (C(OH)–C–C–N with tert-alkyl or cyclic N) is 1. The Hall–Kier alpha value is -6.32. The summed E-state index contributed by atoms with van der Waals surface area (Å²) < 4.78 is 79.4. The number of pyridine rings is 1. The maximum Gasteiger partial charge on any atom is 0.420 e. The first-order chi connectivity index (χ1) is 34.0. The van der Waals surface area contributed by atoms with Gasteiger partial charge in [0, 0.05) is 32.2 Å². The summed E-state index contributed by atoms with van der Waals surface area (Å²) in [5.74, 6) is -3.80. The highest BCUT2D eigenvalue weighted by Crippen LogP contribution is 2.44. The molecule has 3 N–H and O–H groups in total. The van der Waals surface area contributed by atoms with E-state index in [9.17, 15) is 42.7 Å². The normalized spacial score (nSPS) is 17.2. The number of carbonyl (C=O) groups is 4. The third-order valence-electron chi connectivity index (χ3n) is 12.0. The molecule has 4 amide bonds. The van der Waals surface area contributed by atoms with Crippen LogP contribution in [-0.4, -0.2) is 119 Å². The zero-order valence-corrected chi connectivity index (χ0v) is 42.4. The number of thiocarbonyl (C=S) groups is 1. The Morgan fingerprint density at radius 2 is 1.72 bits per heavy atom. The molecular formula is C49H56F4N8O9S2. The highest BCUT2D eigenvalue weighted by molar-refractivity contribution is 7.81. The number of hydrogen-bond acceptors (Lipinski definition) is 14. The number of amides is 4. The molecule has 4 heterocycles. The minimum Gasteiger partial charge on any atom is -0.494 e. The zero-order valence-electron chi connectivity index (χ0n) is 40.7. The monoisotopic (exact) mass is 1040 g/mol. The molecule has 23 heteroatoms. The molecule has 0 bridgehead atoms. The molecule has 0 radical (unpaired) electrons. The van der Waals surface area contributed by atoms with Crippen molar-refractivity contribution in [3.8, 4) is 28.1 Å². The Labute approximate surface area is 423 Å². The van der Waals surface area contributed by atoms with Crippen LogP contribution in [0.15, 0.2) is 54.2 Å². The van der Waals surface area contributed by atoms with Gasteiger partial charge in [-0.05, 0) is 74.5 Å². The highest BCUT2D eigenvalue weighted by Gasteiger charge is 2.53. The summed E-state index contributed by atoms with van der Waals surface area (Å²) in [4.78, 5) is 67.0. The van der Waals surface area contributed by atoms with Crippen LogP contribution in [0.2, 0.25) is 0 Å². The predicted molar refractivity (Wildman–Crippen MR) is 262 cm³/mol. The smallest absolute Gasteiger partial charge is 0.420 e. The van der Waals surface area contributed by atoms with E-state index >= 15 is 4.39 Å². The summed E-state index contributed by atoms with van der Waals surface area (Å²) in [7, 11) is 1.34. The van der Waals surface area contributed by atoms with Crippen molar-refractivity contribution < 1.29 is 60.8 Å². The van der Waals surface area contributed by atoms with Gasteiger partial charge in [-0.3, -0.25) is 29.0 Å². The van der Waals surface area contributed by atoms with Crippen LogP contribution in [0.1, 0.15) is 76.3 Å². The Bertz CT molecular complexity index is 2690. The molecule has 2 aromatic carbocycles. The second-order valence-electron chi connectivity index (χ2n) is 18.6. The van der Waals surface area contributed by atoms with E-state index in [1.54, 1.807) is 37.6 Å². The number of rotatable bonds is 20. The molecular weight excluding hydrogens is 985 g/mol. The van der Waals surface area contributed by atoms with E-state index in [1.165, 1.54) is 49.1 Å². The second-order valence-corrected chi connectivity index (χ2v) is 19.8. The summed E-state index contributed by atoms with van der Waals surface area (Å²) in [6, 6.07) is 10.2. The van der Waals surface area contributed by atoms with Crippen molar-refractivity contribution in [1.82, 2.24) is 25.5 Å². The van der Waals surface area contributed by atoms with Crippen LogP contribution in [0.4, 0.5) is 28.9 Å². The molecule has 386 valence electrons. The van der Waals surface area contributed by atoms with Crippen LogP contribution in [0, 0.1) is 29.5 Å². The molecule has 2 aromatic heterocycles. The molecule has 3 atom stereocenters. The number of anilines is 2. The third kappa shape index (κ3) is 12.5. The number of carbonyl (C=O) groups excluding carboxylic acids is 4. The molecule has 0 unspecified atom stereocenters. The lowest BCUT2D eigenvalue weighted by Gasteiger charge is -2.35. The second kappa shape index (κ2) is 23.0. The standard InChI is InChI=1S/C49H56F4N8O9S2/c1-28-41(72-27-57-28)30-12-10-29(11-13-30)23-56-43(64)34-20-32(62)25-59(34)44(65)42(47(2,3)4)58-37(63)26-69-19-18-68-16-8-9-17-70-38-21-36(67-7)35(24-55-38)61-46(71)60(45(66)48(61,5)6)33-15-14-31(22-54)39(40(33)50)49(51,52)53/h10-15,21,24,27,32,34,42,62H,8-9,16-20,23,25-26H2,1-7H3,(H,56,64)(H,58,63)/t32-,34+,42-/m1/s1. The molecule has 0 aliphatic carbocycles. The minimum atomic E-state index is -5.23. The van der Waals surface area contributed by atoms with Crippen molar-refractivity contribution in [1.29, 1.82) is 5.26 Å². The van der Waals surface area contributed by atoms with E-state index in [4.69, 9.17) is 31.2 Å². The average Bonchev–Trinajstić information content (AvgIpc) is 3.99. The van der Waals surface area contributed by atoms with Gasteiger partial charge >= 0.3 is 6.18 Å². The van der Waals surface area contributed by atoms with Gasteiger partial charge in [-0.2, -0.15) is 18.4 Å². The number of aromatic nitrogens is 2. The third-order valence-corrected chi connectivity index (χ3v) is 13.3. The molecule has 2 aliphatic heterocycles. The van der Waals surface area contributed by atoms with E-state index < -0.39 is 81.6 Å². The van der Waals surface area contributed by atoms with Crippen molar-refractivity contribution in [3.63, 3.8) is 0 Å². The fourth-order valence-electron chi connectivity index (χ4n) is 8.19. The van der Waals surface area contributed by atoms with Gasteiger partial charge < -0.3 is 39.6 Å². The van der Waals surface area contributed by atoms with Crippen molar-refractivity contribution in [2.24, 2.45) is 5.41 Å². The number of hydrogen-bond donors (Lipinski definition) is 3. The highest BCUT2D eigenvalue weighted by atomic mass is 32.1. The summed E-state index contributed by atoms with van der Waals surface area (Å²) >= 11 is 7.08. The van der Waals surface area contributed by atoms with Gasteiger partial charge in [-0.15, -0.1) is 11.3 Å². The number of alkyl halides is 3. The van der Waals surface area contributed by atoms with Gasteiger partial charge in [0.15, 0.2) is 10.9 Å². The van der Waals surface area contributed by atoms with Gasteiger partial charge in [-0.1, -0.05) is 45.0 Å². The topological polar surface area (TPSA) is 209 Å². The Morgan fingerprint density at radius 1 is 1.03 bits per heavy atom. The van der Waals surface area contributed by atoms with E-state index in [0.717, 1.165) is 33.8 Å². The number of thiazole rings is 1. The maximum atomic E-state index is 15.5. The lowest BCUT2D eigenvalue weighted by atomic mass is 9.85. The Balaban J connectivity index is 0.916. The Morgan fingerprint density at radius 3 is 2.36 bits per heavy atom. The molecule has 17 nitrogen and oxygen atoms in total. The van der Waals surface area contributed by atoms with E-state index in [0.29, 0.717) is 24.3 Å². The quantitative estimate of drug-likeness (QED) is 0.0493. The van der Waals surface area contributed by atoms with Gasteiger partial charge in [0.1, 0.15) is 41.2 Å². The van der Waals surface area contributed by atoms with Crippen LogP contribution in [-0.2, 0) is 41.4 Å². The molecule has 0 spiro atoms. The molecule has 0 saturated carbocycles. The van der Waals surface area contributed by atoms with E-state index in [1.807, 2.05) is 31.2 Å². The number of unbranched alkanes of at least 4 members (excludes halogenated alkanes) is 1. The molecule has 2 saturated heterocycles. The number of aryl methyl sites for hydroxylation is 1. The predicted octanol–water partition coefficient (Wildman–Crippen LogP) is 6.47. The van der Waals surface area contributed by atoms with Crippen LogP contribution in [0.3, 0.4) is 0 Å². The summed E-state index contributed by atoms with van der Waals surface area (Å²) in [5.41, 5.74) is -1.05. The number of nitrogens with zero attached hydrogens (tertiary/aromatic N) is 6. The number of halogens is 4. The SMILES string of the molecule is COc1cc(OCCCCOCCOCC(=O)N[C@H](C(=O)N2C[C@H](O)C[C@H]2C(=O)NCc2ccc(-c3scnc3C)cc2)C(C)(C)C)ncc1N1C(=S)N(c2ccc(C#N)c(C(F)(F)F)c2F)C(=O)C1(C)C. The molecule has 4 aromatic rings. The lowest BCUT2D eigenvalue weighted by molar-refractivity contribution is -0.144. The number of likely N-dealkylation sites (tertiary alicyclic amines) is 1. The van der Waals surface area contributed by atoms with Gasteiger partial charge in [-0.25, -0.2) is 14.4 Å². The minimum absolute atomic E-state index is 0.0567. The summed E-state index contributed by atoms with van der Waals surface area (Å²) in [5, 5.41) is 25.0. The van der Waals surface area contributed by atoms with Crippen LogP contribution in [0.25, 0.3) is 10.4 Å². The van der Waals surface area contributed by atoms with Crippen molar-refractivity contribution >= 4 is 63.7 Å². The van der Waals surface area contributed by atoms with E-state index in [2.05, 4.69) is 20.6 Å². The fourth-order valence-corrected chi connectivity index (χ4v) is 9.51. The number of nitrogens with one attached hydrogen (secondary N) is 2. The van der Waals surface area contributed by atoms with Crippen molar-refractivity contribution in [3.05, 3.63) is 82.4 Å². The molecule has 72 heavy (non-hydrogen) atoms. The lowest BCUT2D eigenvalue weighted by Crippen LogP contribution is -2.58. The van der Waals surface area contributed by atoms with Gasteiger partial charge in [0.25, 0.3) is 5.91 Å². The number of ether oxygens (including phenoxy) is 4. The molecule has 2 fully saturated rings. The summed E-state index contributed by atoms with van der Waals surface area (Å²) in [6.45, 7) is 10.8. The first-order valence-electron chi connectivity index (χ1n) is 22.8. The van der Waals surface area contributed by atoms with E-state index in [-0.39, 0.29) is 68.4 Å². The van der Waals surface area contributed by atoms with Crippen molar-refractivity contribution in [2.75, 3.05) is 56.5 Å². The van der Waals surface area contributed by atoms with Gasteiger partial charge in [0.05, 0.1) is 72.6 Å². The molecule has 2 aliphatic rings. The first kappa shape index (κ1) is 55.0. The molecule has 6 rings (SSSR count). The van der Waals surface area contributed by atoms with Crippen LogP contribution in [0.5, 0.6) is 11.6 Å². The largest absolute Gasteiger partial charge is 0.494 e. The van der Waals surface area contributed by atoms with Crippen LogP contribution < -0.4 is 29.9 Å². The number of aliphatic hydroxyl groups excluding tert-OH is 1. The van der Waals surface area contributed by atoms with Crippen molar-refractivity contribution in [2.45, 2.75) is 97.3 Å². The summed E-state index contributed by atoms with van der Waals surface area (Å²) in [6.07, 6.45) is -3.66. The fraction of sp³-hybridized carbons (Fsp3) is 0.469. The zero-order chi connectivity index (χ0) is 52.7. The first-order valence-corrected chi connectivity index (χ1v) is 24.1. The average molecular weight is 1040 g/mol.